The fraction of sp³-hybridized carbons (Fsp3) is 0.440. The Morgan fingerprint density at radius 1 is 1.30 bits per heavy atom. The smallest absolute Gasteiger partial charge is 0.352 e. The fourth-order valence-electron chi connectivity index (χ4n) is 4.12. The Bertz CT molecular complexity index is 1490. The van der Waals surface area contributed by atoms with E-state index in [4.69, 9.17) is 21.4 Å². The maximum atomic E-state index is 13.2. The second-order valence-electron chi connectivity index (χ2n) is 10.3. The average molecular weight is 651 g/mol. The van der Waals surface area contributed by atoms with Gasteiger partial charge in [-0.25, -0.2) is 14.2 Å². The number of amides is 2. The molecule has 17 nitrogen and oxygen atoms in total. The molecule has 9 N–H and O–H groups in total. The van der Waals surface area contributed by atoms with Crippen molar-refractivity contribution in [1.82, 2.24) is 19.6 Å². The number of aliphatic carboxylic acids is 2. The number of nitrogens with zero attached hydrogens (tertiary/aromatic N) is 5. The number of carboxylic acid groups (broad SMARTS) is 2. The van der Waals surface area contributed by atoms with E-state index in [1.807, 2.05) is 12.1 Å². The number of aliphatic hydroxyl groups excluding tert-OH is 1. The van der Waals surface area contributed by atoms with E-state index < -0.39 is 46.5 Å². The molecule has 1 fully saturated rings. The van der Waals surface area contributed by atoms with Crippen molar-refractivity contribution < 1.29 is 43.9 Å². The van der Waals surface area contributed by atoms with Crippen LogP contribution in [-0.2, 0) is 30.6 Å². The number of aliphatic hydroxyl groups is 1. The molecule has 2 aromatic heterocycles. The number of carboxylic acids is 2. The molecule has 3 atom stereocenters. The molecule has 0 aromatic carbocycles. The van der Waals surface area contributed by atoms with Crippen LogP contribution >= 0.6 is 23.3 Å². The highest BCUT2D eigenvalue weighted by Gasteiger charge is 2.55. The van der Waals surface area contributed by atoms with Crippen LogP contribution in [0.15, 0.2) is 41.0 Å². The molecule has 44 heavy (non-hydrogen) atoms. The Labute approximate surface area is 259 Å². The molecule has 19 heteroatoms. The lowest BCUT2D eigenvalue weighted by Crippen LogP contribution is -2.71. The van der Waals surface area contributed by atoms with Gasteiger partial charge in [-0.05, 0) is 20.3 Å². The number of oxime groups is 1. The quantitative estimate of drug-likeness (QED) is 0.0534. The summed E-state index contributed by atoms with van der Waals surface area (Å²) in [7, 11) is 0. The van der Waals surface area contributed by atoms with Gasteiger partial charge in [-0.2, -0.15) is 9.36 Å². The highest BCUT2D eigenvalue weighted by atomic mass is 32.2. The Hall–Kier alpha value is -4.33. The summed E-state index contributed by atoms with van der Waals surface area (Å²) in [5.74, 6) is -4.16. The van der Waals surface area contributed by atoms with Crippen LogP contribution in [0.1, 0.15) is 26.1 Å². The molecule has 1 saturated heterocycles. The Balaban J connectivity index is 1.47. The minimum absolute atomic E-state index is 0.0158. The van der Waals surface area contributed by atoms with Crippen LogP contribution in [0.4, 0.5) is 10.8 Å². The Kier molecular flexibility index (Phi) is 10.0. The van der Waals surface area contributed by atoms with E-state index in [9.17, 15) is 29.4 Å². The summed E-state index contributed by atoms with van der Waals surface area (Å²) in [4.78, 5) is 60.2. The lowest BCUT2D eigenvalue weighted by Gasteiger charge is -2.49. The Morgan fingerprint density at radius 3 is 2.59 bits per heavy atom. The zero-order chi connectivity index (χ0) is 32.2. The van der Waals surface area contributed by atoms with Gasteiger partial charge in [0, 0.05) is 53.3 Å². The first-order valence-corrected chi connectivity index (χ1v) is 15.0. The van der Waals surface area contributed by atoms with E-state index >= 15 is 0 Å². The second kappa shape index (κ2) is 13.5. The third-order valence-electron chi connectivity index (χ3n) is 6.63. The minimum Gasteiger partial charge on any atom is -0.478 e. The number of rotatable bonds is 14. The predicted molar refractivity (Wildman–Crippen MR) is 158 cm³/mol. The number of nitrogens with one attached hydrogen (secondary N) is 2. The van der Waals surface area contributed by atoms with Gasteiger partial charge >= 0.3 is 11.9 Å². The molecular formula is C25H32N9O8S2+. The van der Waals surface area contributed by atoms with Crippen LogP contribution < -0.4 is 26.7 Å². The zero-order valence-electron chi connectivity index (χ0n) is 23.7. The highest BCUT2D eigenvalue weighted by molar-refractivity contribution is 8.00. The van der Waals surface area contributed by atoms with Gasteiger partial charge in [-0.1, -0.05) is 5.16 Å². The van der Waals surface area contributed by atoms with E-state index in [1.165, 1.54) is 25.6 Å². The third kappa shape index (κ3) is 7.24. The van der Waals surface area contributed by atoms with Crippen LogP contribution in [0.5, 0.6) is 0 Å². The SMILES string of the molecule is CC(C)(ON=C(C(=O)NC1C(=O)N2C(C(=O)O)=C(C[n+]3ccc(NCC[C@H](N)CO)cc3)CSC12)c1nsc(N)n1)C(=O)O. The maximum absolute atomic E-state index is 13.2. The first-order chi connectivity index (χ1) is 20.8. The number of thioether (sulfide) groups is 1. The van der Waals surface area contributed by atoms with E-state index in [2.05, 4.69) is 25.1 Å². The third-order valence-corrected chi connectivity index (χ3v) is 8.51. The van der Waals surface area contributed by atoms with Gasteiger partial charge in [-0.3, -0.25) is 14.5 Å². The first kappa shape index (κ1) is 32.6. The topological polar surface area (TPSA) is 260 Å². The van der Waals surface area contributed by atoms with Gasteiger partial charge in [0.15, 0.2) is 24.1 Å². The van der Waals surface area contributed by atoms with Crippen molar-refractivity contribution in [2.45, 2.75) is 49.9 Å². The normalized spacial score (nSPS) is 19.1. The van der Waals surface area contributed by atoms with E-state index in [0.717, 1.165) is 22.1 Å². The van der Waals surface area contributed by atoms with E-state index in [-0.39, 0.29) is 41.6 Å². The molecule has 0 spiro atoms. The van der Waals surface area contributed by atoms with E-state index in [1.54, 1.807) is 17.0 Å². The van der Waals surface area contributed by atoms with Crippen molar-refractivity contribution in [2.75, 3.05) is 30.0 Å². The van der Waals surface area contributed by atoms with Gasteiger partial charge in [0.05, 0.1) is 6.61 Å². The Morgan fingerprint density at radius 2 is 2.00 bits per heavy atom. The van der Waals surface area contributed by atoms with Crippen molar-refractivity contribution in [3.05, 3.63) is 41.6 Å². The standard InChI is InChI=1S/C25H31N9O8S2/c1-25(2,23(40)41)42-31-15(18-30-24(27)44-32-18)19(36)29-16-20(37)34-17(22(38)39)12(11-43-21(16)34)9-33-7-4-14(5-8-33)28-6-3-13(26)10-35/h4-5,7-8,13,16,21,35H,3,6,9-11,26H2,1-2H3,(H5,27,29,30,32,36,38,39,40,41)/p+1/t13-,16?,21?/m0/s1. The summed E-state index contributed by atoms with van der Waals surface area (Å²) < 4.78 is 5.71. The number of nitrogens with two attached hydrogens (primary N) is 2. The van der Waals surface area contributed by atoms with Crippen LogP contribution in [0.2, 0.25) is 0 Å². The largest absolute Gasteiger partial charge is 0.478 e. The minimum atomic E-state index is -1.80. The molecule has 4 heterocycles. The van der Waals surface area contributed by atoms with Crippen molar-refractivity contribution in [1.29, 1.82) is 0 Å². The number of hydrogen-bond acceptors (Lipinski definition) is 14. The summed E-state index contributed by atoms with van der Waals surface area (Å²) >= 11 is 2.05. The van der Waals surface area contributed by atoms with Crippen molar-refractivity contribution in [3.63, 3.8) is 0 Å². The number of fused-ring (bicyclic) bond motifs is 1. The van der Waals surface area contributed by atoms with Gasteiger partial charge in [-0.15, -0.1) is 11.8 Å². The number of carbonyl (C=O) groups is 4. The molecule has 0 aliphatic carbocycles. The molecule has 0 radical (unpaired) electrons. The summed E-state index contributed by atoms with van der Waals surface area (Å²) in [5, 5.41) is 37.1. The van der Waals surface area contributed by atoms with Crippen LogP contribution in [0.3, 0.4) is 0 Å². The molecule has 0 bridgehead atoms. The molecule has 2 unspecified atom stereocenters. The van der Waals surface area contributed by atoms with Crippen LogP contribution in [-0.4, -0.2) is 101 Å². The van der Waals surface area contributed by atoms with Gasteiger partial charge in [0.1, 0.15) is 17.1 Å². The fourth-order valence-corrected chi connectivity index (χ4v) is 5.89. The molecule has 2 aliphatic heterocycles. The number of anilines is 2. The second-order valence-corrected chi connectivity index (χ2v) is 12.2. The summed E-state index contributed by atoms with van der Waals surface area (Å²) in [6.45, 7) is 3.13. The number of nitrogen functional groups attached to an aromatic ring is 1. The number of β-lactam (4-membered cyclic amide) rings is 1. The van der Waals surface area contributed by atoms with E-state index in [0.29, 0.717) is 18.5 Å². The molecule has 0 saturated carbocycles. The lowest BCUT2D eigenvalue weighted by atomic mass is 10.0. The summed E-state index contributed by atoms with van der Waals surface area (Å²) in [6.07, 6.45) is 4.13. The summed E-state index contributed by atoms with van der Waals surface area (Å²) in [6, 6.07) is 2.22. The molecule has 2 amide bonds. The monoisotopic (exact) mass is 650 g/mol. The van der Waals surface area contributed by atoms with Crippen molar-refractivity contribution >= 4 is 63.6 Å². The average Bonchev–Trinajstić information content (AvgIpc) is 3.41. The summed E-state index contributed by atoms with van der Waals surface area (Å²) in [5.41, 5.74) is 10.2. The van der Waals surface area contributed by atoms with Crippen LogP contribution in [0, 0.1) is 0 Å². The number of carbonyl (C=O) groups excluding carboxylic acids is 2. The number of hydrogen-bond donors (Lipinski definition) is 7. The zero-order valence-corrected chi connectivity index (χ0v) is 25.3. The highest BCUT2D eigenvalue weighted by Crippen LogP contribution is 2.40. The maximum Gasteiger partial charge on any atom is 0.352 e. The van der Waals surface area contributed by atoms with Crippen molar-refractivity contribution in [2.24, 2.45) is 10.9 Å². The lowest BCUT2D eigenvalue weighted by molar-refractivity contribution is -0.688. The van der Waals surface area contributed by atoms with Gasteiger partial charge in [0.25, 0.3) is 11.8 Å². The van der Waals surface area contributed by atoms with Crippen molar-refractivity contribution in [3.8, 4) is 0 Å². The van der Waals surface area contributed by atoms with Crippen LogP contribution in [0.25, 0.3) is 0 Å². The molecule has 2 aliphatic rings. The molecule has 2 aromatic rings. The van der Waals surface area contributed by atoms with Gasteiger partial charge < -0.3 is 42.3 Å². The first-order valence-electron chi connectivity index (χ1n) is 13.2. The molecule has 4 rings (SSSR count). The molecule has 236 valence electrons. The van der Waals surface area contributed by atoms with Gasteiger partial charge in [0.2, 0.25) is 17.1 Å². The predicted octanol–water partition coefficient (Wildman–Crippen LogP) is -1.45. The molecular weight excluding hydrogens is 618 g/mol. The number of aromatic nitrogens is 3. The number of pyridine rings is 1.